The summed E-state index contributed by atoms with van der Waals surface area (Å²) >= 11 is 5.84. The predicted octanol–water partition coefficient (Wildman–Crippen LogP) is 3.55. The first-order valence-electron chi connectivity index (χ1n) is 8.07. The van der Waals surface area contributed by atoms with E-state index in [1.807, 2.05) is 30.3 Å². The summed E-state index contributed by atoms with van der Waals surface area (Å²) in [6.45, 7) is 0. The molecule has 0 spiro atoms. The highest BCUT2D eigenvalue weighted by molar-refractivity contribution is 6.32. The molecule has 0 aliphatic heterocycles. The van der Waals surface area contributed by atoms with Gasteiger partial charge in [-0.2, -0.15) is 10.2 Å². The fraction of sp³-hybridized carbons (Fsp3) is 0.0556. The van der Waals surface area contributed by atoms with Crippen LogP contribution in [-0.4, -0.2) is 28.4 Å². The van der Waals surface area contributed by atoms with Gasteiger partial charge in [-0.15, -0.1) is 0 Å². The van der Waals surface area contributed by atoms with Crippen molar-refractivity contribution in [2.24, 2.45) is 5.10 Å². The second-order valence-electron chi connectivity index (χ2n) is 5.70. The minimum atomic E-state index is -0.550. The normalized spacial score (nSPS) is 10.8. The van der Waals surface area contributed by atoms with Crippen LogP contribution in [0.2, 0.25) is 5.02 Å². The molecule has 0 saturated heterocycles. The van der Waals surface area contributed by atoms with E-state index in [0.717, 1.165) is 5.69 Å². The lowest BCUT2D eigenvalue weighted by Crippen LogP contribution is -2.11. The number of nitrogens with one attached hydrogen (secondary N) is 2. The highest BCUT2D eigenvalue weighted by Crippen LogP contribution is 2.32. The van der Waals surface area contributed by atoms with Gasteiger partial charge in [-0.3, -0.25) is 20.3 Å². The Morgan fingerprint density at radius 2 is 2.04 bits per heavy atom. The SMILES string of the molecule is CN(c1ccccc1)c1ccc(/C=N\Nc2cn[nH]c(=O)c2Cl)cc1[N+](=O)[O-]. The van der Waals surface area contributed by atoms with E-state index in [1.54, 1.807) is 24.1 Å². The fourth-order valence-corrected chi connectivity index (χ4v) is 2.61. The van der Waals surface area contributed by atoms with Crippen LogP contribution in [0.15, 0.2) is 64.6 Å². The summed E-state index contributed by atoms with van der Waals surface area (Å²) in [5, 5.41) is 21.2. The standard InChI is InChI=1S/C18H15ClN6O3/c1-24(13-5-3-2-4-6-13)15-8-7-12(9-16(15)25(27)28)10-20-22-14-11-21-23-18(26)17(14)19/h2-11H,1H3,(H2,22,23,26)/b20-10-. The largest absolute Gasteiger partial charge is 0.339 e. The lowest BCUT2D eigenvalue weighted by molar-refractivity contribution is -0.384. The van der Waals surface area contributed by atoms with Crippen LogP contribution < -0.4 is 15.9 Å². The molecule has 1 aromatic heterocycles. The quantitative estimate of drug-likeness (QED) is 0.372. The number of aromatic nitrogens is 2. The van der Waals surface area contributed by atoms with E-state index in [1.165, 1.54) is 18.5 Å². The highest BCUT2D eigenvalue weighted by Gasteiger charge is 2.18. The molecule has 1 heterocycles. The number of rotatable bonds is 6. The maximum Gasteiger partial charge on any atom is 0.293 e. The van der Waals surface area contributed by atoms with Gasteiger partial charge in [0, 0.05) is 24.4 Å². The number of para-hydroxylation sites is 1. The predicted molar refractivity (Wildman–Crippen MR) is 109 cm³/mol. The molecule has 0 aliphatic carbocycles. The lowest BCUT2D eigenvalue weighted by atomic mass is 10.1. The van der Waals surface area contributed by atoms with Gasteiger partial charge in [0.25, 0.3) is 11.2 Å². The number of hydrazone groups is 1. The molecule has 9 nitrogen and oxygen atoms in total. The first-order chi connectivity index (χ1) is 13.5. The van der Waals surface area contributed by atoms with Crippen LogP contribution in [0.3, 0.4) is 0 Å². The topological polar surface area (TPSA) is 117 Å². The summed E-state index contributed by atoms with van der Waals surface area (Å²) in [6, 6.07) is 14.1. The number of H-pyrrole nitrogens is 1. The number of anilines is 3. The molecule has 0 saturated carbocycles. The molecule has 0 atom stereocenters. The van der Waals surface area contributed by atoms with Gasteiger partial charge in [0.15, 0.2) is 0 Å². The minimum absolute atomic E-state index is 0.0637. The van der Waals surface area contributed by atoms with Crippen molar-refractivity contribution in [1.29, 1.82) is 0 Å². The maximum atomic E-state index is 11.5. The Morgan fingerprint density at radius 1 is 1.29 bits per heavy atom. The summed E-state index contributed by atoms with van der Waals surface area (Å²) in [4.78, 5) is 24.2. The molecule has 10 heteroatoms. The molecule has 142 valence electrons. The number of halogens is 1. The number of nitrogens with zero attached hydrogens (tertiary/aromatic N) is 4. The number of aromatic amines is 1. The molecule has 28 heavy (non-hydrogen) atoms. The van der Waals surface area contributed by atoms with Crippen molar-refractivity contribution in [2.75, 3.05) is 17.4 Å². The van der Waals surface area contributed by atoms with E-state index in [9.17, 15) is 14.9 Å². The summed E-state index contributed by atoms with van der Waals surface area (Å²) in [6.07, 6.45) is 2.69. The van der Waals surface area contributed by atoms with Crippen molar-refractivity contribution in [1.82, 2.24) is 10.2 Å². The summed E-state index contributed by atoms with van der Waals surface area (Å²) < 4.78 is 0. The van der Waals surface area contributed by atoms with E-state index < -0.39 is 10.5 Å². The Kier molecular flexibility index (Phi) is 5.66. The highest BCUT2D eigenvalue weighted by atomic mass is 35.5. The van der Waals surface area contributed by atoms with Crippen LogP contribution in [-0.2, 0) is 0 Å². The molecule has 2 N–H and O–H groups in total. The van der Waals surface area contributed by atoms with E-state index in [0.29, 0.717) is 11.3 Å². The average molecular weight is 399 g/mol. The van der Waals surface area contributed by atoms with Crippen molar-refractivity contribution < 1.29 is 4.92 Å². The van der Waals surface area contributed by atoms with Crippen LogP contribution >= 0.6 is 11.6 Å². The number of hydrogen-bond acceptors (Lipinski definition) is 7. The Morgan fingerprint density at radius 3 is 2.75 bits per heavy atom. The second kappa shape index (κ2) is 8.31. The van der Waals surface area contributed by atoms with Gasteiger partial charge >= 0.3 is 0 Å². The zero-order valence-corrected chi connectivity index (χ0v) is 15.4. The van der Waals surface area contributed by atoms with E-state index in [2.05, 4.69) is 20.7 Å². The van der Waals surface area contributed by atoms with E-state index >= 15 is 0 Å². The van der Waals surface area contributed by atoms with Crippen LogP contribution in [0.4, 0.5) is 22.7 Å². The first kappa shape index (κ1) is 19.1. The van der Waals surface area contributed by atoms with Gasteiger partial charge < -0.3 is 4.90 Å². The molecule has 0 amide bonds. The smallest absolute Gasteiger partial charge is 0.293 e. The van der Waals surface area contributed by atoms with Crippen molar-refractivity contribution in [3.8, 4) is 0 Å². The van der Waals surface area contributed by atoms with Crippen molar-refractivity contribution >= 4 is 40.6 Å². The molecule has 0 aliphatic rings. The molecular formula is C18H15ClN6O3. The first-order valence-corrected chi connectivity index (χ1v) is 8.44. The zero-order valence-electron chi connectivity index (χ0n) is 14.7. The zero-order chi connectivity index (χ0) is 20.1. The second-order valence-corrected chi connectivity index (χ2v) is 6.07. The number of benzene rings is 2. The van der Waals surface area contributed by atoms with Crippen molar-refractivity contribution in [2.45, 2.75) is 0 Å². The molecule has 3 rings (SSSR count). The maximum absolute atomic E-state index is 11.5. The Hall–Kier alpha value is -3.72. The molecule has 0 radical (unpaired) electrons. The van der Waals surface area contributed by atoms with Gasteiger partial charge in [0.2, 0.25) is 0 Å². The van der Waals surface area contributed by atoms with Crippen LogP contribution in [0.25, 0.3) is 0 Å². The Labute approximate surface area is 164 Å². The Bertz CT molecular complexity index is 1080. The third-order valence-electron chi connectivity index (χ3n) is 3.90. The third kappa shape index (κ3) is 4.15. The molecule has 3 aromatic rings. The van der Waals surface area contributed by atoms with Crippen molar-refractivity contribution in [3.05, 3.63) is 85.8 Å². The van der Waals surface area contributed by atoms with Gasteiger partial charge in [0.1, 0.15) is 16.4 Å². The lowest BCUT2D eigenvalue weighted by Gasteiger charge is -2.19. The van der Waals surface area contributed by atoms with Crippen LogP contribution in [0.1, 0.15) is 5.56 Å². The van der Waals surface area contributed by atoms with Crippen LogP contribution in [0.5, 0.6) is 0 Å². The summed E-state index contributed by atoms with van der Waals surface area (Å²) in [5.74, 6) is 0. The Balaban J connectivity index is 1.85. The van der Waals surface area contributed by atoms with E-state index in [-0.39, 0.29) is 16.4 Å². The third-order valence-corrected chi connectivity index (χ3v) is 4.27. The molecule has 0 bridgehead atoms. The molecule has 2 aromatic carbocycles. The van der Waals surface area contributed by atoms with Gasteiger partial charge in [0.05, 0.1) is 17.3 Å². The van der Waals surface area contributed by atoms with Crippen LogP contribution in [0, 0.1) is 10.1 Å². The summed E-state index contributed by atoms with van der Waals surface area (Å²) in [7, 11) is 1.76. The van der Waals surface area contributed by atoms with Gasteiger partial charge in [-0.1, -0.05) is 35.9 Å². The van der Waals surface area contributed by atoms with Crippen molar-refractivity contribution in [3.63, 3.8) is 0 Å². The average Bonchev–Trinajstić information content (AvgIpc) is 2.71. The molecular weight excluding hydrogens is 384 g/mol. The minimum Gasteiger partial charge on any atom is -0.339 e. The number of nitro benzene ring substituents is 1. The fourth-order valence-electron chi connectivity index (χ4n) is 2.48. The molecule has 0 fully saturated rings. The number of hydrogen-bond donors (Lipinski definition) is 2. The van der Waals surface area contributed by atoms with E-state index in [4.69, 9.17) is 11.6 Å². The van der Waals surface area contributed by atoms with Gasteiger partial charge in [-0.05, 0) is 18.2 Å². The summed E-state index contributed by atoms with van der Waals surface area (Å²) in [5.41, 5.74) is 3.96. The van der Waals surface area contributed by atoms with Gasteiger partial charge in [-0.25, -0.2) is 5.10 Å². The molecule has 0 unspecified atom stereocenters. The number of nitro groups is 1. The monoisotopic (exact) mass is 398 g/mol.